The molecule has 0 bridgehead atoms. The fourth-order valence-corrected chi connectivity index (χ4v) is 11.4. The van der Waals surface area contributed by atoms with E-state index in [0.717, 1.165) is 32.4 Å². The van der Waals surface area contributed by atoms with Crippen LogP contribution in [0.15, 0.2) is 312 Å². The predicted molar refractivity (Wildman–Crippen MR) is 351 cm³/mol. The Balaban J connectivity index is 0.000000133. The summed E-state index contributed by atoms with van der Waals surface area (Å²) in [5.74, 6) is 0. The molecule has 0 saturated carbocycles. The van der Waals surface area contributed by atoms with Crippen molar-refractivity contribution in [3.63, 3.8) is 0 Å². The summed E-state index contributed by atoms with van der Waals surface area (Å²) in [6.07, 6.45) is 0.960. The molecule has 0 fully saturated rings. The van der Waals surface area contributed by atoms with Gasteiger partial charge in [-0.3, -0.25) is 0 Å². The molecule has 0 unspecified atom stereocenters. The van der Waals surface area contributed by atoms with Crippen LogP contribution < -0.4 is 4.90 Å². The van der Waals surface area contributed by atoms with Crippen molar-refractivity contribution < 1.29 is 0 Å². The third-order valence-corrected chi connectivity index (χ3v) is 16.0. The minimum absolute atomic E-state index is 0.960. The number of anilines is 3. The summed E-state index contributed by atoms with van der Waals surface area (Å²) in [6.45, 7) is 0. The lowest BCUT2D eigenvalue weighted by Gasteiger charge is -2.26. The van der Waals surface area contributed by atoms with Crippen molar-refractivity contribution in [2.75, 3.05) is 4.90 Å². The Hall–Kier alpha value is -8.27. The molecule has 12 aromatic carbocycles. The van der Waals surface area contributed by atoms with E-state index in [2.05, 4.69) is 372 Å². The smallest absolute Gasteiger partial charge is 0.0542 e. The van der Waals surface area contributed by atoms with Gasteiger partial charge < -0.3 is 14.0 Å². The van der Waals surface area contributed by atoms with Crippen LogP contribution in [0, 0.1) is 3.57 Å². The highest BCUT2D eigenvalue weighted by atomic mass is 127. The number of hydrogen-bond acceptors (Lipinski definition) is 1. The molecule has 0 aliphatic rings. The molecule has 380 valence electrons. The molecule has 0 radical (unpaired) electrons. The molecule has 0 aliphatic carbocycles. The number of benzene rings is 12. The number of halogens is 3. The topological polar surface area (TPSA) is 13.1 Å². The van der Waals surface area contributed by atoms with Gasteiger partial charge in [0.15, 0.2) is 0 Å². The zero-order valence-corrected chi connectivity index (χ0v) is 48.4. The van der Waals surface area contributed by atoms with Crippen LogP contribution in [0.4, 0.5) is 17.1 Å². The fraction of sp³-hybridized carbons (Fsp3) is 0.0137. The van der Waals surface area contributed by atoms with Crippen molar-refractivity contribution in [1.82, 2.24) is 9.13 Å². The van der Waals surface area contributed by atoms with Gasteiger partial charge in [-0.25, -0.2) is 0 Å². The van der Waals surface area contributed by atoms with Gasteiger partial charge in [0.05, 0.1) is 22.1 Å². The summed E-state index contributed by atoms with van der Waals surface area (Å²) in [7, 11) is 0. The fourth-order valence-electron chi connectivity index (χ4n) is 10.5. The Kier molecular flexibility index (Phi) is 15.5. The first-order valence-electron chi connectivity index (χ1n) is 26.3. The second-order valence-corrected chi connectivity index (χ2v) is 22.4. The summed E-state index contributed by atoms with van der Waals surface area (Å²) in [5, 5.41) is 5.11. The Morgan fingerprint density at radius 2 is 0.658 bits per heavy atom. The van der Waals surface area contributed by atoms with E-state index in [9.17, 15) is 0 Å². The predicted octanol–water partition coefficient (Wildman–Crippen LogP) is 21.8. The van der Waals surface area contributed by atoms with Crippen molar-refractivity contribution in [2.45, 2.75) is 6.42 Å². The molecule has 0 spiro atoms. The minimum Gasteiger partial charge on any atom is -0.310 e. The van der Waals surface area contributed by atoms with Gasteiger partial charge >= 0.3 is 0 Å². The number of hydrogen-bond donors (Lipinski definition) is 0. The lowest BCUT2D eigenvalue weighted by Crippen LogP contribution is -2.09. The lowest BCUT2D eigenvalue weighted by molar-refractivity contribution is 1.17. The second-order valence-electron chi connectivity index (χ2n) is 19.3. The molecule has 14 rings (SSSR count). The molecule has 3 nitrogen and oxygen atoms in total. The van der Waals surface area contributed by atoms with E-state index in [1.807, 2.05) is 0 Å². The monoisotopic (exact) mass is 1260 g/mol. The van der Waals surface area contributed by atoms with Crippen LogP contribution >= 0.6 is 54.5 Å². The quantitative estimate of drug-likeness (QED) is 0.131. The number of nitrogens with zero attached hydrogens (tertiary/aromatic N) is 3. The maximum atomic E-state index is 3.54. The SMILES string of the molecule is Brc1ccc(-c2ccc(I)cc2)cc1.Brc1ccc(-c2ccc(N(c3ccccc3)c3ccc4c(c3)c3ccccc3n4-c3ccccc3)cc2)cc1.c1ccc(Cc2ccc3c(c2)c2ccccc2n3-c2ccccc2)cc1. The van der Waals surface area contributed by atoms with Crippen molar-refractivity contribution in [2.24, 2.45) is 0 Å². The number of fused-ring (bicyclic) bond motifs is 6. The first-order chi connectivity index (χ1) is 38.9. The number of rotatable bonds is 9. The molecule has 79 heavy (non-hydrogen) atoms. The van der Waals surface area contributed by atoms with Crippen molar-refractivity contribution in [3.05, 3.63) is 327 Å². The van der Waals surface area contributed by atoms with E-state index in [1.165, 1.54) is 91.9 Å². The van der Waals surface area contributed by atoms with Gasteiger partial charge in [0.25, 0.3) is 0 Å². The van der Waals surface area contributed by atoms with Crippen LogP contribution in [0.5, 0.6) is 0 Å². The summed E-state index contributed by atoms with van der Waals surface area (Å²) >= 11 is 9.28. The second kappa shape index (κ2) is 23.8. The largest absolute Gasteiger partial charge is 0.310 e. The van der Waals surface area contributed by atoms with Gasteiger partial charge in [0, 0.05) is 62.5 Å². The standard InChI is InChI=1S/C36H25BrN2.C25H19N.C12H8BrI/c37-28-19-15-26(16-20-28)27-17-21-31(22-18-27)38(29-9-3-1-4-10-29)32-23-24-36-34(25-32)33-13-7-8-14-35(33)39(36)30-11-5-2-6-12-30;1-3-9-19(10-4-1)17-20-15-16-25-23(18-20)22-13-7-8-14-24(22)26(25)21-11-5-2-6-12-21;13-11-5-1-9(2-6-11)10-3-7-12(14)8-4-10/h1-25H;1-16,18H,17H2;1-8H. The first kappa shape index (κ1) is 51.5. The van der Waals surface area contributed by atoms with E-state index in [-0.39, 0.29) is 0 Å². The Bertz CT molecular complexity index is 4270. The van der Waals surface area contributed by atoms with Crippen LogP contribution in [0.2, 0.25) is 0 Å². The molecule has 2 aromatic heterocycles. The van der Waals surface area contributed by atoms with E-state index in [4.69, 9.17) is 0 Å². The van der Waals surface area contributed by atoms with Crippen LogP contribution in [0.25, 0.3) is 77.2 Å². The average Bonchev–Trinajstić information content (AvgIpc) is 4.25. The summed E-state index contributed by atoms with van der Waals surface area (Å²) in [4.78, 5) is 2.33. The molecule has 14 aromatic rings. The first-order valence-corrected chi connectivity index (χ1v) is 29.0. The van der Waals surface area contributed by atoms with Crippen molar-refractivity contribution >= 4 is 115 Å². The Morgan fingerprint density at radius 3 is 1.16 bits per heavy atom. The molecular weight excluding hydrogens is 1210 g/mol. The summed E-state index contributed by atoms with van der Waals surface area (Å²) in [6, 6.07) is 108. The summed E-state index contributed by atoms with van der Waals surface area (Å²) in [5.41, 5.74) is 18.3. The third kappa shape index (κ3) is 11.4. The minimum atomic E-state index is 0.960. The highest BCUT2D eigenvalue weighted by Crippen LogP contribution is 2.41. The van der Waals surface area contributed by atoms with Crippen molar-refractivity contribution in [3.8, 4) is 33.6 Å². The van der Waals surface area contributed by atoms with E-state index in [1.54, 1.807) is 0 Å². The third-order valence-electron chi connectivity index (χ3n) is 14.3. The van der Waals surface area contributed by atoms with E-state index >= 15 is 0 Å². The van der Waals surface area contributed by atoms with Gasteiger partial charge in [0.2, 0.25) is 0 Å². The zero-order valence-electron chi connectivity index (χ0n) is 43.1. The average molecular weight is 1260 g/mol. The molecule has 0 saturated heterocycles. The van der Waals surface area contributed by atoms with E-state index in [0.29, 0.717) is 0 Å². The molecule has 0 amide bonds. The Morgan fingerprint density at radius 1 is 0.291 bits per heavy atom. The Labute approximate surface area is 492 Å². The van der Waals surface area contributed by atoms with E-state index < -0.39 is 0 Å². The highest BCUT2D eigenvalue weighted by Gasteiger charge is 2.18. The zero-order chi connectivity index (χ0) is 53.5. The lowest BCUT2D eigenvalue weighted by atomic mass is 10.0. The van der Waals surface area contributed by atoms with Gasteiger partial charge in [-0.2, -0.15) is 0 Å². The maximum Gasteiger partial charge on any atom is 0.0542 e. The maximum absolute atomic E-state index is 3.54. The highest BCUT2D eigenvalue weighted by molar-refractivity contribution is 14.1. The van der Waals surface area contributed by atoms with Gasteiger partial charge in [0.1, 0.15) is 0 Å². The van der Waals surface area contributed by atoms with Crippen LogP contribution in [0.1, 0.15) is 11.1 Å². The van der Waals surface area contributed by atoms with Gasteiger partial charge in [-0.15, -0.1) is 0 Å². The number of aromatic nitrogens is 2. The normalized spacial score (nSPS) is 11.0. The van der Waals surface area contributed by atoms with Crippen LogP contribution in [-0.4, -0.2) is 9.13 Å². The van der Waals surface area contributed by atoms with Crippen LogP contribution in [-0.2, 0) is 6.42 Å². The molecule has 2 heterocycles. The molecule has 0 N–H and O–H groups in total. The molecule has 0 atom stereocenters. The molecular formula is C73H52Br2IN3. The molecule has 0 aliphatic heterocycles. The van der Waals surface area contributed by atoms with Crippen LogP contribution in [0.3, 0.4) is 0 Å². The van der Waals surface area contributed by atoms with Crippen molar-refractivity contribution in [1.29, 1.82) is 0 Å². The molecule has 6 heteroatoms. The van der Waals surface area contributed by atoms with Gasteiger partial charge in [-0.1, -0.05) is 208 Å². The summed E-state index contributed by atoms with van der Waals surface area (Å²) < 4.78 is 8.18. The number of para-hydroxylation sites is 5. The van der Waals surface area contributed by atoms with Gasteiger partial charge in [-0.05, 0) is 190 Å².